The van der Waals surface area contributed by atoms with E-state index in [1.807, 2.05) is 0 Å². The molecule has 5 nitrogen and oxygen atoms in total. The largest absolute Gasteiger partial charge is 0.354 e. The van der Waals surface area contributed by atoms with Crippen molar-refractivity contribution in [3.05, 3.63) is 17.0 Å². The van der Waals surface area contributed by atoms with Crippen LogP contribution < -0.4 is 5.32 Å². The third kappa shape index (κ3) is 3.81. The van der Waals surface area contributed by atoms with Crippen LogP contribution in [0.5, 0.6) is 0 Å². The van der Waals surface area contributed by atoms with Crippen LogP contribution in [0.25, 0.3) is 0 Å². The second kappa shape index (κ2) is 8.34. The van der Waals surface area contributed by atoms with E-state index in [2.05, 4.69) is 26.7 Å². The number of nitrogens with one attached hydrogen (secondary N) is 1. The van der Waals surface area contributed by atoms with Gasteiger partial charge in [-0.05, 0) is 38.0 Å². The smallest absolute Gasteiger partial charge is 0.271 e. The van der Waals surface area contributed by atoms with E-state index < -0.39 is 0 Å². The Hall–Kier alpha value is -1.01. The van der Waals surface area contributed by atoms with Crippen LogP contribution >= 0.6 is 11.8 Å². The molecule has 1 atom stereocenters. The maximum atomic E-state index is 12.5. The number of thioether (sulfide) groups is 1. The average Bonchev–Trinajstić information content (AvgIpc) is 3.06. The first-order valence-corrected chi connectivity index (χ1v) is 11.5. The number of hydrogen-bond donors (Lipinski definition) is 1. The molecule has 1 aliphatic heterocycles. The van der Waals surface area contributed by atoms with Crippen molar-refractivity contribution in [3.8, 4) is 0 Å². The first-order valence-electron chi connectivity index (χ1n) is 10.4. The number of hydrogen-bond acceptors (Lipinski definition) is 4. The minimum absolute atomic E-state index is 0.0153. The van der Waals surface area contributed by atoms with E-state index in [0.29, 0.717) is 11.7 Å². The lowest BCUT2D eigenvalue weighted by Gasteiger charge is -2.36. The van der Waals surface area contributed by atoms with Crippen LogP contribution in [0.15, 0.2) is 0 Å². The van der Waals surface area contributed by atoms with Crippen LogP contribution in [0.4, 0.5) is 0 Å². The molecule has 6 heteroatoms. The molecule has 0 radical (unpaired) electrons. The highest BCUT2D eigenvalue weighted by molar-refractivity contribution is 7.99. The van der Waals surface area contributed by atoms with Crippen molar-refractivity contribution in [3.63, 3.8) is 0 Å². The molecule has 3 aliphatic rings. The van der Waals surface area contributed by atoms with Gasteiger partial charge in [0.05, 0.1) is 0 Å². The number of amides is 1. The second-order valence-electron chi connectivity index (χ2n) is 8.08. The quantitative estimate of drug-likeness (QED) is 0.878. The molecule has 1 unspecified atom stereocenters. The van der Waals surface area contributed by atoms with Gasteiger partial charge in [0.15, 0.2) is 5.69 Å². The van der Waals surface area contributed by atoms with Gasteiger partial charge in [0.1, 0.15) is 0 Å². The van der Waals surface area contributed by atoms with Crippen molar-refractivity contribution in [2.24, 2.45) is 5.92 Å². The molecule has 4 rings (SSSR count). The SMILES string of the molecule is CNC(=O)c1nn(CC2CCCCC2)c2c1CC(N1CCSCC1)CC2. The van der Waals surface area contributed by atoms with Crippen molar-refractivity contribution in [1.82, 2.24) is 20.0 Å². The van der Waals surface area contributed by atoms with Gasteiger partial charge in [-0.1, -0.05) is 19.3 Å². The van der Waals surface area contributed by atoms with E-state index in [-0.39, 0.29) is 5.91 Å². The Kier molecular flexibility index (Phi) is 5.89. The van der Waals surface area contributed by atoms with Crippen molar-refractivity contribution in [2.75, 3.05) is 31.6 Å². The standard InChI is InChI=1S/C20H32N4OS/c1-21-20(25)19-17-13-16(23-9-11-26-12-10-23)7-8-18(17)24(22-19)14-15-5-3-2-4-6-15/h15-16H,2-14H2,1H3,(H,21,25). The highest BCUT2D eigenvalue weighted by atomic mass is 32.2. The van der Waals surface area contributed by atoms with Crippen molar-refractivity contribution in [1.29, 1.82) is 0 Å². The zero-order valence-corrected chi connectivity index (χ0v) is 16.8. The molecule has 2 aliphatic carbocycles. The number of carbonyl (C=O) groups excluding carboxylic acids is 1. The monoisotopic (exact) mass is 376 g/mol. The second-order valence-corrected chi connectivity index (χ2v) is 9.31. The van der Waals surface area contributed by atoms with E-state index in [1.165, 1.54) is 74.4 Å². The highest BCUT2D eigenvalue weighted by Gasteiger charge is 2.32. The summed E-state index contributed by atoms with van der Waals surface area (Å²) in [7, 11) is 1.72. The summed E-state index contributed by atoms with van der Waals surface area (Å²) in [6, 6.07) is 0.583. The molecule has 2 heterocycles. The Morgan fingerprint density at radius 1 is 1.19 bits per heavy atom. The molecule has 0 bridgehead atoms. The van der Waals surface area contributed by atoms with E-state index in [9.17, 15) is 4.79 Å². The van der Waals surface area contributed by atoms with Crippen LogP contribution in [-0.2, 0) is 19.4 Å². The predicted molar refractivity (Wildman–Crippen MR) is 107 cm³/mol. The summed E-state index contributed by atoms with van der Waals surface area (Å²) >= 11 is 2.06. The summed E-state index contributed by atoms with van der Waals surface area (Å²) < 4.78 is 2.21. The Morgan fingerprint density at radius 2 is 1.96 bits per heavy atom. The lowest BCUT2D eigenvalue weighted by Crippen LogP contribution is -2.44. The zero-order valence-electron chi connectivity index (χ0n) is 16.0. The minimum Gasteiger partial charge on any atom is -0.354 e. The van der Waals surface area contributed by atoms with E-state index in [1.54, 1.807) is 7.05 Å². The van der Waals surface area contributed by atoms with Gasteiger partial charge in [0, 0.05) is 55.5 Å². The maximum Gasteiger partial charge on any atom is 0.271 e. The molecule has 26 heavy (non-hydrogen) atoms. The lowest BCUT2D eigenvalue weighted by atomic mass is 9.88. The first-order chi connectivity index (χ1) is 12.8. The molecule has 1 N–H and O–H groups in total. The van der Waals surface area contributed by atoms with Crippen LogP contribution in [0.3, 0.4) is 0 Å². The van der Waals surface area contributed by atoms with Crippen molar-refractivity contribution < 1.29 is 4.79 Å². The topological polar surface area (TPSA) is 50.2 Å². The maximum absolute atomic E-state index is 12.5. The van der Waals surface area contributed by atoms with Crippen LogP contribution in [0.1, 0.15) is 60.3 Å². The van der Waals surface area contributed by atoms with Crippen molar-refractivity contribution >= 4 is 17.7 Å². The Morgan fingerprint density at radius 3 is 2.69 bits per heavy atom. The first kappa shape index (κ1) is 18.4. The molecular weight excluding hydrogens is 344 g/mol. The van der Waals surface area contributed by atoms with Gasteiger partial charge in [-0.15, -0.1) is 0 Å². The normalized spacial score (nSPS) is 25.0. The van der Waals surface area contributed by atoms with Crippen LogP contribution in [-0.4, -0.2) is 58.3 Å². The lowest BCUT2D eigenvalue weighted by molar-refractivity contribution is 0.0955. The number of nitrogens with zero attached hydrogens (tertiary/aromatic N) is 3. The van der Waals surface area contributed by atoms with Gasteiger partial charge in [0.25, 0.3) is 5.91 Å². The fraction of sp³-hybridized carbons (Fsp3) is 0.800. The third-order valence-corrected chi connectivity index (χ3v) is 7.42. The summed E-state index contributed by atoms with van der Waals surface area (Å²) in [6.07, 6.45) is 10.00. The summed E-state index contributed by atoms with van der Waals surface area (Å²) in [5, 5.41) is 7.63. The molecule has 1 aromatic heterocycles. The summed E-state index contributed by atoms with van der Waals surface area (Å²) in [6.45, 7) is 3.39. The number of fused-ring (bicyclic) bond motifs is 1. The molecule has 2 fully saturated rings. The number of carbonyl (C=O) groups is 1. The van der Waals surface area contributed by atoms with E-state index in [4.69, 9.17) is 5.10 Å². The summed E-state index contributed by atoms with van der Waals surface area (Å²) in [4.78, 5) is 15.1. The Balaban J connectivity index is 1.56. The average molecular weight is 377 g/mol. The minimum atomic E-state index is -0.0153. The summed E-state index contributed by atoms with van der Waals surface area (Å²) in [5.41, 5.74) is 3.26. The van der Waals surface area contributed by atoms with E-state index in [0.717, 1.165) is 25.3 Å². The van der Waals surface area contributed by atoms with Crippen LogP contribution in [0.2, 0.25) is 0 Å². The van der Waals surface area contributed by atoms with Gasteiger partial charge in [-0.2, -0.15) is 16.9 Å². The molecule has 1 aromatic rings. The number of rotatable bonds is 4. The number of aromatic nitrogens is 2. The molecule has 144 valence electrons. The Bertz CT molecular complexity index is 632. The highest BCUT2D eigenvalue weighted by Crippen LogP contribution is 2.31. The molecule has 0 spiro atoms. The van der Waals surface area contributed by atoms with Gasteiger partial charge in [0.2, 0.25) is 0 Å². The van der Waals surface area contributed by atoms with Gasteiger partial charge in [-0.25, -0.2) is 0 Å². The third-order valence-electron chi connectivity index (χ3n) is 6.48. The van der Waals surface area contributed by atoms with Gasteiger partial charge < -0.3 is 5.32 Å². The molecule has 1 saturated heterocycles. The predicted octanol–water partition coefficient (Wildman–Crippen LogP) is 2.73. The van der Waals surface area contributed by atoms with Crippen LogP contribution in [0, 0.1) is 5.92 Å². The fourth-order valence-electron chi connectivity index (χ4n) is 4.99. The van der Waals surface area contributed by atoms with Gasteiger partial charge in [-0.3, -0.25) is 14.4 Å². The summed E-state index contributed by atoms with van der Waals surface area (Å²) in [5.74, 6) is 3.21. The van der Waals surface area contributed by atoms with Gasteiger partial charge >= 0.3 is 0 Å². The Labute approximate surface area is 161 Å². The zero-order chi connectivity index (χ0) is 17.9. The molecule has 1 saturated carbocycles. The molecular formula is C20H32N4OS. The van der Waals surface area contributed by atoms with Crippen molar-refractivity contribution in [2.45, 2.75) is 64.0 Å². The van der Waals surface area contributed by atoms with E-state index >= 15 is 0 Å². The molecule has 0 aromatic carbocycles. The fourth-order valence-corrected chi connectivity index (χ4v) is 5.92. The molecule has 1 amide bonds.